The van der Waals surface area contributed by atoms with E-state index in [1.165, 1.54) is 0 Å². The summed E-state index contributed by atoms with van der Waals surface area (Å²) >= 11 is 0. The molecule has 116 valence electrons. The Morgan fingerprint density at radius 1 is 1.41 bits per heavy atom. The first-order valence-electron chi connectivity index (χ1n) is 7.19. The number of benzene rings is 1. The molecule has 0 aliphatic carbocycles. The average molecular weight is 320 g/mol. The molecule has 2 heterocycles. The topological polar surface area (TPSA) is 69.7 Å². The summed E-state index contributed by atoms with van der Waals surface area (Å²) in [6.45, 7) is 1.93. The number of hydrogen-bond acceptors (Lipinski definition) is 5. The van der Waals surface area contributed by atoms with E-state index >= 15 is 0 Å². The molecule has 2 fully saturated rings. The first-order chi connectivity index (χ1) is 10.3. The van der Waals surface area contributed by atoms with E-state index in [1.54, 1.807) is 6.92 Å². The second kappa shape index (κ2) is 5.39. The lowest BCUT2D eigenvalue weighted by molar-refractivity contribution is -0.152. The molecule has 2 radical (unpaired) electrons. The van der Waals surface area contributed by atoms with Gasteiger partial charge in [-0.2, -0.15) is 0 Å². The van der Waals surface area contributed by atoms with Crippen LogP contribution in [0.4, 0.5) is 0 Å². The molecular formula is C15H17BO5S. The molecule has 7 heteroatoms. The fourth-order valence-electron chi connectivity index (χ4n) is 3.43. The number of hydrogen-bond donors (Lipinski definition) is 0. The predicted molar refractivity (Wildman–Crippen MR) is 81.0 cm³/mol. The predicted octanol–water partition coefficient (Wildman–Crippen LogP) is 0.817. The number of carbonyl (C=O) groups is 1. The Bertz CT molecular complexity index is 674. The van der Waals surface area contributed by atoms with Crippen LogP contribution >= 0.6 is 0 Å². The number of carbonyl (C=O) groups excluding carboxylic acids is 1. The van der Waals surface area contributed by atoms with Crippen LogP contribution < -0.4 is 0 Å². The van der Waals surface area contributed by atoms with E-state index in [2.05, 4.69) is 0 Å². The van der Waals surface area contributed by atoms with E-state index in [0.717, 1.165) is 5.56 Å². The fourth-order valence-corrected chi connectivity index (χ4v) is 6.07. The lowest BCUT2D eigenvalue weighted by Gasteiger charge is -2.29. The van der Waals surface area contributed by atoms with Crippen molar-refractivity contribution in [3.05, 3.63) is 35.9 Å². The molecular weight excluding hydrogens is 303 g/mol. The van der Waals surface area contributed by atoms with Gasteiger partial charge >= 0.3 is 5.97 Å². The van der Waals surface area contributed by atoms with Crippen LogP contribution in [0.25, 0.3) is 0 Å². The summed E-state index contributed by atoms with van der Waals surface area (Å²) in [6, 6.07) is 8.44. The van der Waals surface area contributed by atoms with Crippen molar-refractivity contribution < 1.29 is 22.7 Å². The monoisotopic (exact) mass is 320 g/mol. The van der Waals surface area contributed by atoms with E-state index in [-0.39, 0.29) is 24.7 Å². The fraction of sp³-hybridized carbons (Fsp3) is 0.533. The smallest absolute Gasteiger partial charge is 0.309 e. The summed E-state index contributed by atoms with van der Waals surface area (Å²) < 4.78 is 35.0. The molecule has 2 saturated heterocycles. The van der Waals surface area contributed by atoms with Crippen molar-refractivity contribution in [2.75, 3.05) is 5.75 Å². The van der Waals surface area contributed by atoms with Gasteiger partial charge < -0.3 is 9.47 Å². The van der Waals surface area contributed by atoms with Crippen LogP contribution in [0, 0.1) is 5.92 Å². The third-order valence-electron chi connectivity index (χ3n) is 4.56. The minimum atomic E-state index is -3.31. The Kier molecular flexibility index (Phi) is 3.81. The molecule has 0 saturated carbocycles. The van der Waals surface area contributed by atoms with Gasteiger partial charge in [0.1, 0.15) is 14.5 Å². The second-order valence-electron chi connectivity index (χ2n) is 6.03. The van der Waals surface area contributed by atoms with Crippen LogP contribution in [0.3, 0.4) is 0 Å². The summed E-state index contributed by atoms with van der Waals surface area (Å²) in [4.78, 5) is 12.1. The van der Waals surface area contributed by atoms with E-state index in [0.29, 0.717) is 0 Å². The number of rotatable bonds is 4. The van der Waals surface area contributed by atoms with E-state index in [4.69, 9.17) is 17.3 Å². The summed E-state index contributed by atoms with van der Waals surface area (Å²) in [5, 5.41) is -0.727. The number of esters is 1. The maximum atomic E-state index is 12.1. The molecule has 0 aromatic heterocycles. The van der Waals surface area contributed by atoms with Crippen LogP contribution in [0.2, 0.25) is 0 Å². The molecule has 3 rings (SSSR count). The van der Waals surface area contributed by atoms with Crippen LogP contribution in [0.5, 0.6) is 0 Å². The summed E-state index contributed by atoms with van der Waals surface area (Å²) in [7, 11) is 2.44. The van der Waals surface area contributed by atoms with Gasteiger partial charge in [0.2, 0.25) is 0 Å². The Morgan fingerprint density at radius 3 is 2.68 bits per heavy atom. The van der Waals surface area contributed by atoms with Gasteiger partial charge in [-0.3, -0.25) is 4.79 Å². The molecule has 2 bridgehead atoms. The highest BCUT2D eigenvalue weighted by atomic mass is 32.2. The Labute approximate surface area is 131 Å². The maximum Gasteiger partial charge on any atom is 0.309 e. The second-order valence-corrected chi connectivity index (χ2v) is 8.19. The summed E-state index contributed by atoms with van der Waals surface area (Å²) in [6.07, 6.45) is -0.0928. The zero-order valence-electron chi connectivity index (χ0n) is 12.3. The molecule has 5 nitrogen and oxygen atoms in total. The Hall–Kier alpha value is -1.34. The van der Waals surface area contributed by atoms with Gasteiger partial charge in [-0.25, -0.2) is 8.42 Å². The third-order valence-corrected chi connectivity index (χ3v) is 6.96. The van der Waals surface area contributed by atoms with Crippen LogP contribution in [-0.2, 0) is 30.7 Å². The number of fused-ring (bicyclic) bond motifs is 2. The van der Waals surface area contributed by atoms with E-state index in [1.807, 2.05) is 30.3 Å². The summed E-state index contributed by atoms with van der Waals surface area (Å²) in [5.74, 6) is -0.947. The first kappa shape index (κ1) is 15.6. The third kappa shape index (κ3) is 2.56. The Balaban J connectivity index is 1.67. The first-order valence-corrected chi connectivity index (χ1v) is 8.90. The van der Waals surface area contributed by atoms with Crippen molar-refractivity contribution in [3.63, 3.8) is 0 Å². The Morgan fingerprint density at radius 2 is 2.09 bits per heavy atom. The van der Waals surface area contributed by atoms with Gasteiger partial charge in [0.05, 0.1) is 23.0 Å². The van der Waals surface area contributed by atoms with Gasteiger partial charge in [-0.05, 0) is 5.56 Å². The normalized spacial score (nSPS) is 35.4. The largest absolute Gasteiger partial charge is 0.461 e. The number of ether oxygens (including phenoxy) is 2. The van der Waals surface area contributed by atoms with Gasteiger partial charge in [-0.1, -0.05) is 37.3 Å². The van der Waals surface area contributed by atoms with Crippen molar-refractivity contribution >= 4 is 23.7 Å². The van der Waals surface area contributed by atoms with Crippen LogP contribution in [-0.4, -0.2) is 44.8 Å². The molecule has 4 atom stereocenters. The summed E-state index contributed by atoms with van der Waals surface area (Å²) in [5.41, 5.74) is -0.168. The van der Waals surface area contributed by atoms with Crippen molar-refractivity contribution in [2.45, 2.75) is 36.8 Å². The molecule has 1 unspecified atom stereocenters. The molecule has 1 aromatic carbocycles. The molecule has 0 N–H and O–H groups in total. The molecule has 2 aliphatic heterocycles. The van der Waals surface area contributed by atoms with Gasteiger partial charge in [0.25, 0.3) is 0 Å². The zero-order valence-corrected chi connectivity index (χ0v) is 13.1. The highest BCUT2D eigenvalue weighted by molar-refractivity contribution is 7.92. The lowest BCUT2D eigenvalue weighted by atomic mass is 9.84. The molecule has 0 amide bonds. The molecule has 2 aliphatic rings. The van der Waals surface area contributed by atoms with Crippen molar-refractivity contribution in [3.8, 4) is 0 Å². The quantitative estimate of drug-likeness (QED) is 0.607. The SMILES string of the molecule is [B][C@@H]1O[C@]2(CC(=O)OCc3ccccc3)CS(=O)(=O)[C@@H]1C2C. The lowest BCUT2D eigenvalue weighted by Crippen LogP contribution is -2.43. The maximum absolute atomic E-state index is 12.1. The molecule has 1 aromatic rings. The van der Waals surface area contributed by atoms with Crippen LogP contribution in [0.1, 0.15) is 18.9 Å². The molecule has 22 heavy (non-hydrogen) atoms. The van der Waals surface area contributed by atoms with Gasteiger partial charge in [0, 0.05) is 11.9 Å². The minimum absolute atomic E-state index is 0.0928. The standard InChI is InChI=1S/C15H17BO5S/c1-10-13-14(16)21-15(10,9-22(13,18)19)7-12(17)20-8-11-5-3-2-4-6-11/h2-6,10,13-14H,7-9H2,1H3/t10?,13-,14-,15-/m1/s1. The molecule has 0 spiro atoms. The van der Waals surface area contributed by atoms with Crippen molar-refractivity contribution in [1.82, 2.24) is 0 Å². The highest BCUT2D eigenvalue weighted by Crippen LogP contribution is 2.49. The average Bonchev–Trinajstić information content (AvgIpc) is 2.78. The van der Waals surface area contributed by atoms with Crippen LogP contribution in [0.15, 0.2) is 30.3 Å². The van der Waals surface area contributed by atoms with Gasteiger partial charge in [-0.15, -0.1) is 0 Å². The zero-order chi connectivity index (χ0) is 16.0. The minimum Gasteiger partial charge on any atom is -0.461 e. The van der Waals surface area contributed by atoms with E-state index in [9.17, 15) is 13.2 Å². The van der Waals surface area contributed by atoms with Crippen molar-refractivity contribution in [1.29, 1.82) is 0 Å². The van der Waals surface area contributed by atoms with Gasteiger partial charge in [0.15, 0.2) is 9.84 Å². The number of sulfone groups is 1. The highest BCUT2D eigenvalue weighted by Gasteiger charge is 2.64. The van der Waals surface area contributed by atoms with E-state index < -0.39 is 32.7 Å². The van der Waals surface area contributed by atoms with Crippen molar-refractivity contribution in [2.24, 2.45) is 5.92 Å².